The molecule has 10 aromatic rings. The minimum absolute atomic E-state index is 0.00576. The third-order valence-electron chi connectivity index (χ3n) is 13.1. The first-order valence-corrected chi connectivity index (χ1v) is 22.9. The van der Waals surface area contributed by atoms with Gasteiger partial charge in [-0.1, -0.05) is 158 Å². The molecule has 65 heavy (non-hydrogen) atoms. The molecule has 5 heteroatoms. The Morgan fingerprint density at radius 3 is 1.97 bits per heavy atom. The van der Waals surface area contributed by atoms with E-state index < -0.39 is 0 Å². The van der Waals surface area contributed by atoms with Crippen LogP contribution in [0.15, 0.2) is 176 Å². The van der Waals surface area contributed by atoms with Crippen molar-refractivity contribution in [2.45, 2.75) is 73.1 Å². The van der Waals surface area contributed by atoms with E-state index in [1.54, 1.807) is 0 Å². The van der Waals surface area contributed by atoms with Crippen molar-refractivity contribution < 1.29 is 9.30 Å². The van der Waals surface area contributed by atoms with Gasteiger partial charge in [0.15, 0.2) is 0 Å². The highest BCUT2D eigenvalue weighted by atomic mass is 16.5. The Hall–Kier alpha value is -7.24. The molecule has 3 heterocycles. The lowest BCUT2D eigenvalue weighted by Crippen LogP contribution is -2.32. The van der Waals surface area contributed by atoms with Crippen LogP contribution in [-0.4, -0.2) is 14.1 Å². The SMILES string of the molecule is CCC(c1ccnc(-n2c3ccc(C(C)(C)C)cc3c3ccc(Oc4cccc(-n5[c-][n+](-c6c(-c7ccccc7)cccc6-c6ccccc6)c6c(C)cccc65)c4)cc32)c1)C(C)(C)C. The highest BCUT2D eigenvalue weighted by Gasteiger charge is 2.26. The predicted octanol–water partition coefficient (Wildman–Crippen LogP) is 15.5. The largest absolute Gasteiger partial charge is 0.458 e. The van der Waals surface area contributed by atoms with Gasteiger partial charge in [0.05, 0.1) is 33.4 Å². The maximum Gasteiger partial charge on any atom is 0.269 e. The molecule has 322 valence electrons. The van der Waals surface area contributed by atoms with Crippen molar-refractivity contribution in [2.75, 3.05) is 0 Å². The summed E-state index contributed by atoms with van der Waals surface area (Å²) in [7, 11) is 0. The summed E-state index contributed by atoms with van der Waals surface area (Å²) in [6.45, 7) is 18.3. The third-order valence-corrected chi connectivity index (χ3v) is 13.1. The van der Waals surface area contributed by atoms with Crippen LogP contribution in [0.3, 0.4) is 0 Å². The van der Waals surface area contributed by atoms with E-state index >= 15 is 0 Å². The Balaban J connectivity index is 1.10. The normalized spacial score (nSPS) is 12.6. The maximum absolute atomic E-state index is 6.85. The monoisotopic (exact) mass is 848 g/mol. The van der Waals surface area contributed by atoms with E-state index in [0.29, 0.717) is 5.92 Å². The van der Waals surface area contributed by atoms with Crippen molar-refractivity contribution in [1.82, 2.24) is 14.1 Å². The van der Waals surface area contributed by atoms with Crippen LogP contribution in [-0.2, 0) is 5.41 Å². The van der Waals surface area contributed by atoms with Gasteiger partial charge in [-0.05, 0) is 124 Å². The standard InChI is InChI=1S/C60H56N4O/c1-9-52(60(6,7)8)43-33-34-61-56(35-43)64-53-32-29-44(59(3,4)5)36-51(53)50-31-30-47(38-55(50)64)65-46-25-17-24-45(37-46)62-39-63(57-40(2)19-16-28-54(57)62)58-48(41-20-12-10-13-21-41)26-18-27-49(58)42-22-14-11-15-23-42/h10-38,52H,9H2,1-8H3. The van der Waals surface area contributed by atoms with Crippen LogP contribution in [0.4, 0.5) is 0 Å². The van der Waals surface area contributed by atoms with Gasteiger partial charge >= 0.3 is 0 Å². The molecule has 0 N–H and O–H groups in total. The van der Waals surface area contributed by atoms with Gasteiger partial charge in [-0.2, -0.15) is 0 Å². The molecule has 0 saturated carbocycles. The molecule has 0 radical (unpaired) electrons. The summed E-state index contributed by atoms with van der Waals surface area (Å²) in [5.41, 5.74) is 14.8. The van der Waals surface area contributed by atoms with Crippen LogP contribution >= 0.6 is 0 Å². The summed E-state index contributed by atoms with van der Waals surface area (Å²) >= 11 is 0. The van der Waals surface area contributed by atoms with Gasteiger partial charge in [0.25, 0.3) is 6.33 Å². The van der Waals surface area contributed by atoms with Crippen LogP contribution in [0.1, 0.15) is 77.5 Å². The quantitative estimate of drug-likeness (QED) is 0.107. The molecule has 5 nitrogen and oxygen atoms in total. The summed E-state index contributed by atoms with van der Waals surface area (Å²) < 4.78 is 13.6. The number of pyridine rings is 1. The van der Waals surface area contributed by atoms with E-state index in [0.717, 1.165) is 85.0 Å². The van der Waals surface area contributed by atoms with Gasteiger partial charge in [0.1, 0.15) is 17.3 Å². The highest BCUT2D eigenvalue weighted by molar-refractivity contribution is 6.10. The first-order chi connectivity index (χ1) is 31.4. The van der Waals surface area contributed by atoms with Crippen LogP contribution in [0, 0.1) is 18.7 Å². The zero-order chi connectivity index (χ0) is 45.0. The van der Waals surface area contributed by atoms with Crippen molar-refractivity contribution in [1.29, 1.82) is 0 Å². The molecule has 10 rings (SSSR count). The molecule has 0 spiro atoms. The minimum Gasteiger partial charge on any atom is -0.458 e. The third kappa shape index (κ3) is 7.69. The van der Waals surface area contributed by atoms with Crippen molar-refractivity contribution in [3.63, 3.8) is 0 Å². The second-order valence-electron chi connectivity index (χ2n) is 19.5. The lowest BCUT2D eigenvalue weighted by Gasteiger charge is -2.30. The Kier molecular flexibility index (Phi) is 10.5. The lowest BCUT2D eigenvalue weighted by molar-refractivity contribution is -0.571. The summed E-state index contributed by atoms with van der Waals surface area (Å²) in [4.78, 5) is 5.02. The summed E-state index contributed by atoms with van der Waals surface area (Å²) in [6.07, 6.45) is 6.88. The fourth-order valence-electron chi connectivity index (χ4n) is 9.88. The van der Waals surface area contributed by atoms with Crippen molar-refractivity contribution >= 4 is 32.8 Å². The molecule has 0 fully saturated rings. The van der Waals surface area contributed by atoms with Gasteiger partial charge in [0, 0.05) is 23.0 Å². The predicted molar refractivity (Wildman–Crippen MR) is 269 cm³/mol. The lowest BCUT2D eigenvalue weighted by atomic mass is 9.75. The second kappa shape index (κ2) is 16.4. The molecule has 0 aliphatic rings. The number of rotatable bonds is 9. The van der Waals surface area contributed by atoms with E-state index in [1.807, 2.05) is 12.3 Å². The zero-order valence-corrected chi connectivity index (χ0v) is 38.7. The number of fused-ring (bicyclic) bond motifs is 4. The van der Waals surface area contributed by atoms with Gasteiger partial charge < -0.3 is 4.74 Å². The molecular weight excluding hydrogens is 793 g/mol. The number of nitrogens with zero attached hydrogens (tertiary/aromatic N) is 4. The number of aryl methyl sites for hydroxylation is 1. The minimum atomic E-state index is 0.00576. The maximum atomic E-state index is 6.85. The molecule has 3 aromatic heterocycles. The topological polar surface area (TPSA) is 35.9 Å². The van der Waals surface area contributed by atoms with Gasteiger partial charge in [-0.15, -0.1) is 0 Å². The molecule has 0 saturated heterocycles. The van der Waals surface area contributed by atoms with E-state index in [9.17, 15) is 0 Å². The summed E-state index contributed by atoms with van der Waals surface area (Å²) in [5.74, 6) is 2.80. The first kappa shape index (κ1) is 41.8. The average Bonchev–Trinajstić information content (AvgIpc) is 3.85. The Bertz CT molecular complexity index is 3300. The zero-order valence-electron chi connectivity index (χ0n) is 38.7. The Morgan fingerprint density at radius 1 is 0.615 bits per heavy atom. The van der Waals surface area contributed by atoms with E-state index in [4.69, 9.17) is 9.72 Å². The Morgan fingerprint density at radius 2 is 1.29 bits per heavy atom. The number of hydrogen-bond donors (Lipinski definition) is 0. The molecule has 1 unspecified atom stereocenters. The number of imidazole rings is 1. The fourth-order valence-corrected chi connectivity index (χ4v) is 9.88. The summed E-state index contributed by atoms with van der Waals surface area (Å²) in [5, 5.41) is 2.38. The molecular formula is C60H56N4O. The van der Waals surface area contributed by atoms with Crippen LogP contribution < -0.4 is 9.30 Å². The van der Waals surface area contributed by atoms with Crippen molar-refractivity contribution in [2.24, 2.45) is 5.41 Å². The summed E-state index contributed by atoms with van der Waals surface area (Å²) in [6, 6.07) is 60.6. The van der Waals surface area contributed by atoms with Crippen LogP contribution in [0.2, 0.25) is 0 Å². The van der Waals surface area contributed by atoms with Crippen molar-refractivity contribution in [3.8, 4) is 50.9 Å². The molecule has 0 aliphatic carbocycles. The smallest absolute Gasteiger partial charge is 0.269 e. The second-order valence-corrected chi connectivity index (χ2v) is 19.5. The van der Waals surface area contributed by atoms with Gasteiger partial charge in [-0.3, -0.25) is 13.7 Å². The highest BCUT2D eigenvalue weighted by Crippen LogP contribution is 2.41. The van der Waals surface area contributed by atoms with Crippen LogP contribution in [0.25, 0.3) is 72.3 Å². The molecule has 7 aromatic carbocycles. The van der Waals surface area contributed by atoms with E-state index in [-0.39, 0.29) is 10.8 Å². The van der Waals surface area contributed by atoms with Gasteiger partial charge in [-0.25, -0.2) is 4.98 Å². The fraction of sp³-hybridized carbons (Fsp3) is 0.200. The van der Waals surface area contributed by atoms with E-state index in [1.165, 1.54) is 21.9 Å². The van der Waals surface area contributed by atoms with E-state index in [2.05, 4.69) is 239 Å². The average molecular weight is 849 g/mol. The Labute approximate surface area is 383 Å². The number of hydrogen-bond acceptors (Lipinski definition) is 2. The molecule has 0 aliphatic heterocycles. The number of aromatic nitrogens is 4. The molecule has 0 amide bonds. The number of benzene rings is 7. The molecule has 1 atom stereocenters. The first-order valence-electron chi connectivity index (χ1n) is 22.9. The number of ether oxygens (including phenoxy) is 1. The van der Waals surface area contributed by atoms with Crippen LogP contribution in [0.5, 0.6) is 11.5 Å². The number of para-hydroxylation sites is 2. The van der Waals surface area contributed by atoms with Crippen molar-refractivity contribution in [3.05, 3.63) is 199 Å². The molecule has 0 bridgehead atoms. The van der Waals surface area contributed by atoms with Gasteiger partial charge in [0.2, 0.25) is 0 Å².